The Hall–Kier alpha value is -4.68. The molecule has 0 radical (unpaired) electrons. The van der Waals surface area contributed by atoms with Crippen LogP contribution in [0.1, 0.15) is 50.9 Å². The van der Waals surface area contributed by atoms with E-state index in [-0.39, 0.29) is 24.3 Å². The fourth-order valence-electron chi connectivity index (χ4n) is 4.00. The molecule has 0 aliphatic rings. The number of aromatic amines is 1. The van der Waals surface area contributed by atoms with Crippen LogP contribution >= 0.6 is 0 Å². The van der Waals surface area contributed by atoms with Crippen molar-refractivity contribution in [2.45, 2.75) is 57.8 Å². The van der Waals surface area contributed by atoms with Gasteiger partial charge in [-0.1, -0.05) is 55.3 Å². The van der Waals surface area contributed by atoms with Crippen molar-refractivity contribution in [1.29, 1.82) is 0 Å². The molecule has 0 aliphatic carbocycles. The van der Waals surface area contributed by atoms with Gasteiger partial charge in [0.05, 0.1) is 23.4 Å². The number of ketones is 1. The molecule has 0 spiro atoms. The average molecular weight is 575 g/mol. The molecule has 0 bridgehead atoms. The van der Waals surface area contributed by atoms with Gasteiger partial charge in [-0.2, -0.15) is 13.2 Å². The first-order valence-electron chi connectivity index (χ1n) is 12.7. The fourth-order valence-corrected chi connectivity index (χ4v) is 4.00. The molecule has 41 heavy (non-hydrogen) atoms. The van der Waals surface area contributed by atoms with Crippen LogP contribution in [0.15, 0.2) is 70.0 Å². The van der Waals surface area contributed by atoms with Crippen molar-refractivity contribution < 1.29 is 37.1 Å². The summed E-state index contributed by atoms with van der Waals surface area (Å²) in [6, 6.07) is 16.5. The molecule has 2 heterocycles. The second-order valence-electron chi connectivity index (χ2n) is 9.19. The summed E-state index contributed by atoms with van der Waals surface area (Å²) in [6.45, 7) is 1.45. The first-order valence-corrected chi connectivity index (χ1v) is 12.7. The first-order chi connectivity index (χ1) is 19.5. The number of oxazole rings is 1. The standard InChI is InChI=1S/C26H28N4O4.C2HF3O2/c1-18(31)10-4-2-7-13-20(25-27-16-21(29-25)19-11-5-3-6-12-19)28-24(32)17-30-22-14-8-9-15-23(22)34-26(30)33;3-2(4,5)1(6)7/h3,5-6,8-9,11-12,14-16,20H,2,4,7,10,13,17H2,1H3,(H,27,29)(H,28,32);(H,6,7)/t20-;/m0./s1. The normalized spacial score (nSPS) is 11.9. The lowest BCUT2D eigenvalue weighted by Crippen LogP contribution is -2.34. The van der Waals surface area contributed by atoms with Gasteiger partial charge >= 0.3 is 17.9 Å². The summed E-state index contributed by atoms with van der Waals surface area (Å²) >= 11 is 0. The zero-order valence-electron chi connectivity index (χ0n) is 22.1. The Morgan fingerprint density at radius 1 is 1.05 bits per heavy atom. The van der Waals surface area contributed by atoms with Gasteiger partial charge in [0.15, 0.2) is 5.58 Å². The van der Waals surface area contributed by atoms with Gasteiger partial charge < -0.3 is 24.6 Å². The summed E-state index contributed by atoms with van der Waals surface area (Å²) in [6.07, 6.45) is 0.421. The van der Waals surface area contributed by atoms with Gasteiger partial charge in [0.2, 0.25) is 5.91 Å². The van der Waals surface area contributed by atoms with E-state index in [0.29, 0.717) is 29.8 Å². The number of nitrogens with one attached hydrogen (secondary N) is 2. The molecule has 1 atom stereocenters. The summed E-state index contributed by atoms with van der Waals surface area (Å²) in [4.78, 5) is 53.2. The Balaban J connectivity index is 0.000000587. The third-order valence-electron chi connectivity index (χ3n) is 5.99. The predicted octanol–water partition coefficient (Wildman–Crippen LogP) is 5.01. The zero-order chi connectivity index (χ0) is 30.0. The van der Waals surface area contributed by atoms with Crippen LogP contribution in [0.4, 0.5) is 13.2 Å². The highest BCUT2D eigenvalue weighted by Gasteiger charge is 2.38. The topological polar surface area (TPSA) is 147 Å². The van der Waals surface area contributed by atoms with Crippen LogP contribution in [0, 0.1) is 0 Å². The van der Waals surface area contributed by atoms with E-state index < -0.39 is 17.9 Å². The Kier molecular flexibility index (Phi) is 10.6. The molecule has 0 fully saturated rings. The van der Waals surface area contributed by atoms with Gasteiger partial charge in [-0.25, -0.2) is 14.6 Å². The number of alkyl halides is 3. The van der Waals surface area contributed by atoms with Crippen LogP contribution in [0.5, 0.6) is 0 Å². The summed E-state index contributed by atoms with van der Waals surface area (Å²) in [5, 5.41) is 10.2. The number of para-hydroxylation sites is 2. The van der Waals surface area contributed by atoms with Gasteiger partial charge in [-0.15, -0.1) is 0 Å². The number of carbonyl (C=O) groups excluding carboxylic acids is 2. The molecule has 13 heteroatoms. The van der Waals surface area contributed by atoms with E-state index in [1.165, 1.54) is 4.57 Å². The van der Waals surface area contributed by atoms with E-state index in [0.717, 1.165) is 30.5 Å². The molecule has 2 aromatic carbocycles. The van der Waals surface area contributed by atoms with Crippen molar-refractivity contribution in [3.8, 4) is 11.3 Å². The Labute approximate surface area is 232 Å². The van der Waals surface area contributed by atoms with Gasteiger partial charge in [0.1, 0.15) is 18.2 Å². The molecule has 10 nitrogen and oxygen atoms in total. The number of amides is 1. The molecular formula is C28H29F3N4O6. The van der Waals surface area contributed by atoms with Crippen molar-refractivity contribution >= 4 is 28.8 Å². The average Bonchev–Trinajstić information content (AvgIpc) is 3.53. The van der Waals surface area contributed by atoms with Gasteiger partial charge in [-0.3, -0.25) is 9.36 Å². The SMILES string of the molecule is CC(=O)CCCCC[C@H](NC(=O)Cn1c(=O)oc2ccccc21)c1ncc(-c2ccccc2)[nH]1.O=C(O)C(F)(F)F. The highest BCUT2D eigenvalue weighted by Crippen LogP contribution is 2.23. The van der Waals surface area contributed by atoms with E-state index in [1.807, 2.05) is 30.3 Å². The molecule has 1 amide bonds. The van der Waals surface area contributed by atoms with Gasteiger partial charge in [-0.05, 0) is 37.5 Å². The van der Waals surface area contributed by atoms with Crippen LogP contribution in [0.25, 0.3) is 22.4 Å². The number of carboxylic acids is 1. The predicted molar refractivity (Wildman–Crippen MR) is 143 cm³/mol. The highest BCUT2D eigenvalue weighted by atomic mass is 19.4. The maximum Gasteiger partial charge on any atom is 0.490 e. The number of H-pyrrole nitrogens is 1. The van der Waals surface area contributed by atoms with Crippen LogP contribution in [-0.2, 0) is 20.9 Å². The molecule has 0 unspecified atom stereocenters. The quantitative estimate of drug-likeness (QED) is 0.213. The molecule has 4 rings (SSSR count). The Bertz CT molecular complexity index is 1520. The number of halogens is 3. The lowest BCUT2D eigenvalue weighted by molar-refractivity contribution is -0.192. The van der Waals surface area contributed by atoms with Crippen molar-refractivity contribution in [3.63, 3.8) is 0 Å². The van der Waals surface area contributed by atoms with E-state index in [1.54, 1.807) is 37.4 Å². The lowest BCUT2D eigenvalue weighted by atomic mass is 10.1. The number of Topliss-reactive ketones (excluding diaryl/α,β-unsaturated/α-hetero) is 1. The third-order valence-corrected chi connectivity index (χ3v) is 5.99. The molecule has 0 saturated carbocycles. The number of benzene rings is 2. The number of nitrogens with zero attached hydrogens (tertiary/aromatic N) is 2. The maximum atomic E-state index is 12.9. The largest absolute Gasteiger partial charge is 0.490 e. The maximum absolute atomic E-state index is 12.9. The van der Waals surface area contributed by atoms with Crippen LogP contribution in [-0.4, -0.2) is 43.5 Å². The van der Waals surface area contributed by atoms with E-state index in [4.69, 9.17) is 14.3 Å². The monoisotopic (exact) mass is 574 g/mol. The van der Waals surface area contributed by atoms with Crippen LogP contribution < -0.4 is 11.1 Å². The number of rotatable bonds is 11. The van der Waals surface area contributed by atoms with Crippen LogP contribution in [0.3, 0.4) is 0 Å². The number of carbonyl (C=O) groups is 3. The number of aliphatic carboxylic acids is 1. The second kappa shape index (κ2) is 14.1. The van der Waals surface area contributed by atoms with E-state index in [2.05, 4.69) is 15.3 Å². The van der Waals surface area contributed by atoms with Gasteiger partial charge in [0.25, 0.3) is 0 Å². The number of hydrogen-bond donors (Lipinski definition) is 3. The number of imidazole rings is 1. The number of carboxylic acid groups (broad SMARTS) is 1. The van der Waals surface area contributed by atoms with Gasteiger partial charge in [0, 0.05) is 6.42 Å². The minimum Gasteiger partial charge on any atom is -0.475 e. The molecule has 3 N–H and O–H groups in total. The highest BCUT2D eigenvalue weighted by molar-refractivity contribution is 5.79. The molecule has 218 valence electrons. The van der Waals surface area contributed by atoms with E-state index in [9.17, 15) is 27.6 Å². The summed E-state index contributed by atoms with van der Waals surface area (Å²) in [7, 11) is 0. The minimum absolute atomic E-state index is 0.150. The van der Waals surface area contributed by atoms with Crippen molar-refractivity contribution in [3.05, 3.63) is 77.2 Å². The van der Waals surface area contributed by atoms with E-state index >= 15 is 0 Å². The number of fused-ring (bicyclic) bond motifs is 1. The smallest absolute Gasteiger partial charge is 0.475 e. The first kappa shape index (κ1) is 30.9. The molecule has 2 aromatic heterocycles. The van der Waals surface area contributed by atoms with Crippen LogP contribution in [0.2, 0.25) is 0 Å². The van der Waals surface area contributed by atoms with Crippen molar-refractivity contribution in [2.24, 2.45) is 0 Å². The lowest BCUT2D eigenvalue weighted by Gasteiger charge is -2.17. The van der Waals surface area contributed by atoms with Crippen molar-refractivity contribution in [1.82, 2.24) is 19.9 Å². The third kappa shape index (κ3) is 9.19. The fraction of sp³-hybridized carbons (Fsp3) is 0.321. The number of hydrogen-bond acceptors (Lipinski definition) is 6. The second-order valence-corrected chi connectivity index (χ2v) is 9.19. The molecule has 0 saturated heterocycles. The molecular weight excluding hydrogens is 545 g/mol. The molecule has 4 aromatic rings. The summed E-state index contributed by atoms with van der Waals surface area (Å²) in [5.41, 5.74) is 2.89. The molecule has 0 aliphatic heterocycles. The number of unbranched alkanes of at least 4 members (excludes halogenated alkanes) is 2. The number of aromatic nitrogens is 3. The minimum atomic E-state index is -5.08. The summed E-state index contributed by atoms with van der Waals surface area (Å²) in [5.74, 6) is -2.79. The van der Waals surface area contributed by atoms with Crippen molar-refractivity contribution in [2.75, 3.05) is 0 Å². The summed E-state index contributed by atoms with van der Waals surface area (Å²) < 4.78 is 38.3. The Morgan fingerprint density at radius 3 is 2.37 bits per heavy atom. The zero-order valence-corrected chi connectivity index (χ0v) is 22.1. The Morgan fingerprint density at radius 2 is 1.71 bits per heavy atom.